The lowest BCUT2D eigenvalue weighted by atomic mass is 10.0. The van der Waals surface area contributed by atoms with E-state index in [1.807, 2.05) is 0 Å². The predicted molar refractivity (Wildman–Crippen MR) is 75.4 cm³/mol. The van der Waals surface area contributed by atoms with Crippen molar-refractivity contribution < 1.29 is 13.2 Å². The van der Waals surface area contributed by atoms with Crippen molar-refractivity contribution in [3.05, 3.63) is 0 Å². The molecule has 2 fully saturated rings. The van der Waals surface area contributed by atoms with E-state index in [0.717, 1.165) is 38.5 Å². The van der Waals surface area contributed by atoms with Crippen LogP contribution in [0.1, 0.15) is 44.9 Å². The van der Waals surface area contributed by atoms with E-state index in [9.17, 15) is 8.42 Å². The van der Waals surface area contributed by atoms with Gasteiger partial charge >= 0.3 is 0 Å². The Morgan fingerprint density at radius 1 is 1.05 bits per heavy atom. The van der Waals surface area contributed by atoms with Crippen molar-refractivity contribution in [2.24, 2.45) is 5.73 Å². The number of hydrogen-bond donors (Lipinski definition) is 1. The van der Waals surface area contributed by atoms with Crippen molar-refractivity contribution in [3.63, 3.8) is 0 Å². The first-order chi connectivity index (χ1) is 9.14. The number of nitrogens with zero attached hydrogens (tertiary/aromatic N) is 1. The van der Waals surface area contributed by atoms with E-state index in [0.29, 0.717) is 26.2 Å². The number of rotatable bonds is 5. The van der Waals surface area contributed by atoms with Crippen LogP contribution >= 0.6 is 0 Å². The molecule has 0 aromatic carbocycles. The van der Waals surface area contributed by atoms with Crippen LogP contribution in [-0.4, -0.2) is 50.3 Å². The summed E-state index contributed by atoms with van der Waals surface area (Å²) in [5.74, 6) is 0. The number of piperidine rings is 1. The highest BCUT2D eigenvalue weighted by atomic mass is 32.2. The molecule has 2 N–H and O–H groups in total. The second-order valence-electron chi connectivity index (χ2n) is 5.56. The third-order valence-corrected chi connectivity index (χ3v) is 6.60. The van der Waals surface area contributed by atoms with Crippen LogP contribution in [0.4, 0.5) is 0 Å². The van der Waals surface area contributed by atoms with Gasteiger partial charge in [0, 0.05) is 19.6 Å². The SMILES string of the molecule is NCCOC1CCN(S(=O)(=O)C2CCCCC2)CC1. The van der Waals surface area contributed by atoms with Crippen LogP contribution in [0.2, 0.25) is 0 Å². The van der Waals surface area contributed by atoms with E-state index in [-0.39, 0.29) is 11.4 Å². The molecule has 112 valence electrons. The normalized spacial score (nSPS) is 24.7. The Morgan fingerprint density at radius 2 is 1.68 bits per heavy atom. The minimum Gasteiger partial charge on any atom is -0.377 e. The van der Waals surface area contributed by atoms with Crippen LogP contribution in [0.25, 0.3) is 0 Å². The molecule has 0 radical (unpaired) electrons. The van der Waals surface area contributed by atoms with Gasteiger partial charge in [-0.25, -0.2) is 12.7 Å². The van der Waals surface area contributed by atoms with Gasteiger partial charge in [0.1, 0.15) is 0 Å². The number of hydrogen-bond acceptors (Lipinski definition) is 4. The first kappa shape index (κ1) is 15.2. The van der Waals surface area contributed by atoms with Crippen LogP contribution in [0, 0.1) is 0 Å². The summed E-state index contributed by atoms with van der Waals surface area (Å²) >= 11 is 0. The molecule has 1 heterocycles. The Hall–Kier alpha value is -0.170. The second-order valence-corrected chi connectivity index (χ2v) is 7.78. The molecule has 0 spiro atoms. The Balaban J connectivity index is 1.85. The monoisotopic (exact) mass is 290 g/mol. The summed E-state index contributed by atoms with van der Waals surface area (Å²) in [6, 6.07) is 0. The molecule has 5 nitrogen and oxygen atoms in total. The van der Waals surface area contributed by atoms with E-state index in [1.165, 1.54) is 6.42 Å². The van der Waals surface area contributed by atoms with Crippen molar-refractivity contribution in [2.75, 3.05) is 26.2 Å². The molecular formula is C13H26N2O3S. The lowest BCUT2D eigenvalue weighted by molar-refractivity contribution is 0.0255. The Bertz CT molecular complexity index is 358. The van der Waals surface area contributed by atoms with Crippen molar-refractivity contribution >= 4 is 10.0 Å². The van der Waals surface area contributed by atoms with Gasteiger partial charge in [-0.05, 0) is 25.7 Å². The summed E-state index contributed by atoms with van der Waals surface area (Å²) in [5.41, 5.74) is 5.41. The molecule has 2 aliphatic rings. The summed E-state index contributed by atoms with van der Waals surface area (Å²) < 4.78 is 32.3. The molecule has 1 saturated carbocycles. The highest BCUT2D eigenvalue weighted by Gasteiger charge is 2.35. The van der Waals surface area contributed by atoms with Crippen LogP contribution in [0.15, 0.2) is 0 Å². The molecule has 1 aliphatic heterocycles. The molecule has 2 rings (SSSR count). The van der Waals surface area contributed by atoms with E-state index >= 15 is 0 Å². The zero-order valence-electron chi connectivity index (χ0n) is 11.6. The smallest absolute Gasteiger partial charge is 0.216 e. The summed E-state index contributed by atoms with van der Waals surface area (Å²) in [6.07, 6.45) is 6.75. The van der Waals surface area contributed by atoms with Gasteiger partial charge in [0.25, 0.3) is 0 Å². The molecule has 6 heteroatoms. The van der Waals surface area contributed by atoms with Crippen LogP contribution < -0.4 is 5.73 Å². The molecule has 1 saturated heterocycles. The third-order valence-electron chi connectivity index (χ3n) is 4.21. The lowest BCUT2D eigenvalue weighted by Crippen LogP contribution is -2.45. The largest absolute Gasteiger partial charge is 0.377 e. The average molecular weight is 290 g/mol. The molecule has 0 atom stereocenters. The fourth-order valence-corrected chi connectivity index (χ4v) is 5.13. The first-order valence-corrected chi connectivity index (χ1v) is 8.95. The van der Waals surface area contributed by atoms with Crippen LogP contribution in [0.3, 0.4) is 0 Å². The predicted octanol–water partition coefficient (Wildman–Crippen LogP) is 1.09. The zero-order valence-corrected chi connectivity index (χ0v) is 12.4. The van der Waals surface area contributed by atoms with Gasteiger partial charge in [-0.2, -0.15) is 0 Å². The summed E-state index contributed by atoms with van der Waals surface area (Å²) in [7, 11) is -3.08. The maximum absolute atomic E-state index is 12.5. The molecule has 19 heavy (non-hydrogen) atoms. The van der Waals surface area contributed by atoms with E-state index in [2.05, 4.69) is 0 Å². The van der Waals surface area contributed by atoms with Gasteiger partial charge in [-0.3, -0.25) is 0 Å². The second kappa shape index (κ2) is 7.02. The molecule has 0 aromatic heterocycles. The zero-order chi connectivity index (χ0) is 13.7. The lowest BCUT2D eigenvalue weighted by Gasteiger charge is -2.34. The average Bonchev–Trinajstić information content (AvgIpc) is 2.46. The highest BCUT2D eigenvalue weighted by Crippen LogP contribution is 2.28. The van der Waals surface area contributed by atoms with Crippen molar-refractivity contribution in [1.29, 1.82) is 0 Å². The van der Waals surface area contributed by atoms with Gasteiger partial charge in [0.2, 0.25) is 10.0 Å². The maximum Gasteiger partial charge on any atom is 0.216 e. The number of sulfonamides is 1. The van der Waals surface area contributed by atoms with Crippen LogP contribution in [0.5, 0.6) is 0 Å². The van der Waals surface area contributed by atoms with Gasteiger partial charge in [-0.1, -0.05) is 19.3 Å². The molecular weight excluding hydrogens is 264 g/mol. The number of nitrogens with two attached hydrogens (primary N) is 1. The van der Waals surface area contributed by atoms with E-state index in [4.69, 9.17) is 10.5 Å². The molecule has 0 unspecified atom stereocenters. The van der Waals surface area contributed by atoms with E-state index < -0.39 is 10.0 Å². The molecule has 0 aromatic rings. The van der Waals surface area contributed by atoms with Crippen molar-refractivity contribution in [2.45, 2.75) is 56.3 Å². The molecule has 1 aliphatic carbocycles. The van der Waals surface area contributed by atoms with Crippen molar-refractivity contribution in [1.82, 2.24) is 4.31 Å². The number of ether oxygens (including phenoxy) is 1. The summed E-state index contributed by atoms with van der Waals surface area (Å²) in [4.78, 5) is 0. The van der Waals surface area contributed by atoms with Gasteiger partial charge in [0.05, 0.1) is 18.0 Å². The minimum absolute atomic E-state index is 0.136. The Kier molecular flexibility index (Phi) is 5.62. The van der Waals surface area contributed by atoms with E-state index in [1.54, 1.807) is 4.31 Å². The summed E-state index contributed by atoms with van der Waals surface area (Å²) in [6.45, 7) is 2.31. The Labute approximate surface area is 116 Å². The minimum atomic E-state index is -3.08. The highest BCUT2D eigenvalue weighted by molar-refractivity contribution is 7.89. The van der Waals surface area contributed by atoms with Crippen molar-refractivity contribution in [3.8, 4) is 0 Å². The third kappa shape index (κ3) is 3.90. The summed E-state index contributed by atoms with van der Waals surface area (Å²) in [5, 5.41) is -0.136. The molecule has 0 bridgehead atoms. The fourth-order valence-electron chi connectivity index (χ4n) is 3.06. The van der Waals surface area contributed by atoms with Gasteiger partial charge in [0.15, 0.2) is 0 Å². The van der Waals surface area contributed by atoms with Crippen LogP contribution in [-0.2, 0) is 14.8 Å². The first-order valence-electron chi connectivity index (χ1n) is 7.45. The molecule has 0 amide bonds. The topological polar surface area (TPSA) is 72.6 Å². The fraction of sp³-hybridized carbons (Fsp3) is 1.00. The standard InChI is InChI=1S/C13H26N2O3S/c14-8-11-18-12-6-9-15(10-7-12)19(16,17)13-4-2-1-3-5-13/h12-13H,1-11,14H2. The Morgan fingerprint density at radius 3 is 2.26 bits per heavy atom. The van der Waals surface area contributed by atoms with Gasteiger partial charge < -0.3 is 10.5 Å². The quantitative estimate of drug-likeness (QED) is 0.822. The maximum atomic E-state index is 12.5. The van der Waals surface area contributed by atoms with Gasteiger partial charge in [-0.15, -0.1) is 0 Å².